The maximum Gasteiger partial charge on any atom is 0.242 e. The smallest absolute Gasteiger partial charge is 0.242 e. The van der Waals surface area contributed by atoms with Crippen molar-refractivity contribution in [3.05, 3.63) is 78.3 Å². The van der Waals surface area contributed by atoms with E-state index in [2.05, 4.69) is 0 Å². The summed E-state index contributed by atoms with van der Waals surface area (Å²) >= 11 is 1.47. The van der Waals surface area contributed by atoms with Crippen LogP contribution < -0.4 is 9.47 Å². The van der Waals surface area contributed by atoms with Crippen LogP contribution in [0.3, 0.4) is 0 Å². The first-order valence-electron chi connectivity index (χ1n) is 12.4. The maximum atomic E-state index is 13.7. The summed E-state index contributed by atoms with van der Waals surface area (Å²) in [6.07, 6.45) is 3.39. The number of fused-ring (bicyclic) bond motifs is 1. The van der Waals surface area contributed by atoms with Gasteiger partial charge in [-0.15, -0.1) is 11.8 Å². The molecule has 3 aromatic rings. The van der Waals surface area contributed by atoms with E-state index >= 15 is 0 Å². The summed E-state index contributed by atoms with van der Waals surface area (Å²) in [7, 11) is 0. The maximum absolute atomic E-state index is 13.7. The first-order chi connectivity index (χ1) is 18.1. The summed E-state index contributed by atoms with van der Waals surface area (Å²) in [5.74, 6) is 2.03. The highest BCUT2D eigenvalue weighted by Gasteiger charge is 2.27. The Morgan fingerprint density at radius 3 is 2.57 bits per heavy atom. The SMILES string of the molecule is O=C(CN(CC1CCCO1)C(=O)CSc1ccccc1)N(Cc1ccc2c(c1)OCO2)Cc1ccco1. The number of rotatable bonds is 11. The summed E-state index contributed by atoms with van der Waals surface area (Å²) in [6, 6.07) is 19.1. The molecule has 0 radical (unpaired) electrons. The molecular weight excluding hydrogens is 492 g/mol. The monoisotopic (exact) mass is 522 g/mol. The summed E-state index contributed by atoms with van der Waals surface area (Å²) in [5.41, 5.74) is 0.904. The van der Waals surface area contributed by atoms with Gasteiger partial charge < -0.3 is 28.4 Å². The number of carbonyl (C=O) groups is 2. The van der Waals surface area contributed by atoms with Gasteiger partial charge in [0.1, 0.15) is 5.76 Å². The lowest BCUT2D eigenvalue weighted by molar-refractivity contribution is -0.141. The Hall–Kier alpha value is -3.43. The van der Waals surface area contributed by atoms with Gasteiger partial charge in [0, 0.05) is 24.6 Å². The molecule has 1 fully saturated rings. The van der Waals surface area contributed by atoms with Crippen LogP contribution in [0.15, 0.2) is 76.2 Å². The van der Waals surface area contributed by atoms with Gasteiger partial charge in [-0.1, -0.05) is 24.3 Å². The Bertz CT molecular complexity index is 1180. The van der Waals surface area contributed by atoms with Gasteiger partial charge in [0.25, 0.3) is 0 Å². The number of carbonyl (C=O) groups excluding carboxylic acids is 2. The van der Waals surface area contributed by atoms with Gasteiger partial charge in [-0.05, 0) is 54.8 Å². The van der Waals surface area contributed by atoms with Crippen LogP contribution in [0.25, 0.3) is 0 Å². The van der Waals surface area contributed by atoms with Gasteiger partial charge in [-0.25, -0.2) is 0 Å². The van der Waals surface area contributed by atoms with Gasteiger partial charge in [-0.3, -0.25) is 9.59 Å². The minimum Gasteiger partial charge on any atom is -0.467 e. The largest absolute Gasteiger partial charge is 0.467 e. The van der Waals surface area contributed by atoms with E-state index < -0.39 is 0 Å². The molecule has 2 aliphatic heterocycles. The highest BCUT2D eigenvalue weighted by molar-refractivity contribution is 8.00. The first-order valence-corrected chi connectivity index (χ1v) is 13.4. The zero-order valence-electron chi connectivity index (χ0n) is 20.5. The van der Waals surface area contributed by atoms with E-state index in [9.17, 15) is 9.59 Å². The average molecular weight is 523 g/mol. The highest BCUT2D eigenvalue weighted by atomic mass is 32.2. The van der Waals surface area contributed by atoms with Gasteiger partial charge >= 0.3 is 0 Å². The van der Waals surface area contributed by atoms with E-state index in [-0.39, 0.29) is 37.0 Å². The lowest BCUT2D eigenvalue weighted by atomic mass is 10.1. The van der Waals surface area contributed by atoms with Crippen LogP contribution in [0.2, 0.25) is 0 Å². The Morgan fingerprint density at radius 2 is 1.78 bits per heavy atom. The normalized spacial score (nSPS) is 16.1. The summed E-state index contributed by atoms with van der Waals surface area (Å²) in [5, 5.41) is 0. The molecule has 2 aliphatic rings. The predicted octanol–water partition coefficient (Wildman–Crippen LogP) is 4.34. The van der Waals surface area contributed by atoms with Crippen molar-refractivity contribution in [1.82, 2.24) is 9.80 Å². The lowest BCUT2D eigenvalue weighted by Crippen LogP contribution is -2.45. The molecule has 1 unspecified atom stereocenters. The van der Waals surface area contributed by atoms with Crippen molar-refractivity contribution in [3.63, 3.8) is 0 Å². The average Bonchev–Trinajstić information content (AvgIpc) is 3.70. The number of furan rings is 1. The molecule has 8 nitrogen and oxygen atoms in total. The van der Waals surface area contributed by atoms with E-state index in [1.54, 1.807) is 22.1 Å². The van der Waals surface area contributed by atoms with Crippen LogP contribution in [0.1, 0.15) is 24.2 Å². The van der Waals surface area contributed by atoms with Gasteiger partial charge in [-0.2, -0.15) is 0 Å². The molecule has 37 heavy (non-hydrogen) atoms. The predicted molar refractivity (Wildman–Crippen MR) is 138 cm³/mol. The van der Waals surface area contributed by atoms with Crippen LogP contribution in [-0.2, 0) is 27.4 Å². The number of hydrogen-bond acceptors (Lipinski definition) is 7. The number of ether oxygens (including phenoxy) is 3. The zero-order valence-corrected chi connectivity index (χ0v) is 21.4. The van der Waals surface area contributed by atoms with Crippen molar-refractivity contribution < 1.29 is 28.2 Å². The van der Waals surface area contributed by atoms with Crippen molar-refractivity contribution >= 4 is 23.6 Å². The molecule has 2 amide bonds. The van der Waals surface area contributed by atoms with Gasteiger partial charge in [0.05, 0.1) is 31.2 Å². The Morgan fingerprint density at radius 1 is 0.919 bits per heavy atom. The highest BCUT2D eigenvalue weighted by Crippen LogP contribution is 2.33. The molecule has 0 saturated carbocycles. The van der Waals surface area contributed by atoms with Crippen molar-refractivity contribution in [2.24, 2.45) is 0 Å². The molecule has 0 aliphatic carbocycles. The van der Waals surface area contributed by atoms with E-state index in [4.69, 9.17) is 18.6 Å². The molecule has 9 heteroatoms. The van der Waals surface area contributed by atoms with Gasteiger partial charge in [0.15, 0.2) is 11.5 Å². The van der Waals surface area contributed by atoms with Crippen LogP contribution in [-0.4, -0.2) is 60.0 Å². The molecule has 2 aromatic carbocycles. The fourth-order valence-corrected chi connectivity index (χ4v) is 5.21. The second-order valence-corrected chi connectivity index (χ2v) is 10.1. The molecule has 0 N–H and O–H groups in total. The second kappa shape index (κ2) is 12.2. The number of hydrogen-bond donors (Lipinski definition) is 0. The Labute approximate surface area is 220 Å². The third-order valence-corrected chi connectivity index (χ3v) is 7.32. The minimum atomic E-state index is -0.162. The first kappa shape index (κ1) is 25.2. The molecule has 1 atom stereocenters. The molecule has 0 spiro atoms. The van der Waals surface area contributed by atoms with Crippen LogP contribution in [0.4, 0.5) is 0 Å². The standard InChI is InChI=1S/C28H30N2O6S/c31-27(18-30(17-23-7-5-13-34-23)28(32)19-37-24-8-2-1-3-9-24)29(16-22-6-4-12-33-22)15-21-10-11-25-26(14-21)36-20-35-25/h1-4,6,8-12,14,23H,5,7,13,15-20H2. The van der Waals surface area contributed by atoms with E-state index in [1.807, 2.05) is 54.6 Å². The third kappa shape index (κ3) is 6.87. The third-order valence-electron chi connectivity index (χ3n) is 6.32. The van der Waals surface area contributed by atoms with Crippen LogP contribution in [0, 0.1) is 0 Å². The number of thioether (sulfide) groups is 1. The molecule has 3 heterocycles. The van der Waals surface area contributed by atoms with E-state index in [0.717, 1.165) is 23.3 Å². The molecule has 1 saturated heterocycles. The van der Waals surface area contributed by atoms with E-state index in [0.29, 0.717) is 43.5 Å². The van der Waals surface area contributed by atoms with Crippen LogP contribution >= 0.6 is 11.8 Å². The zero-order chi connectivity index (χ0) is 25.5. The van der Waals surface area contributed by atoms with Crippen LogP contribution in [0.5, 0.6) is 11.5 Å². The summed E-state index contributed by atoms with van der Waals surface area (Å²) < 4.78 is 22.2. The fraction of sp³-hybridized carbons (Fsp3) is 0.357. The van der Waals surface area contributed by atoms with Crippen molar-refractivity contribution in [3.8, 4) is 11.5 Å². The Kier molecular flexibility index (Phi) is 8.32. The summed E-state index contributed by atoms with van der Waals surface area (Å²) in [4.78, 5) is 31.3. The number of amides is 2. The quantitative estimate of drug-likeness (QED) is 0.347. The minimum absolute atomic E-state index is 0.0285. The topological polar surface area (TPSA) is 81.5 Å². The van der Waals surface area contributed by atoms with Crippen molar-refractivity contribution in [1.29, 1.82) is 0 Å². The number of benzene rings is 2. The Balaban J connectivity index is 1.30. The van der Waals surface area contributed by atoms with E-state index in [1.165, 1.54) is 11.8 Å². The summed E-state index contributed by atoms with van der Waals surface area (Å²) in [6.45, 7) is 1.89. The van der Waals surface area contributed by atoms with Gasteiger partial charge in [0.2, 0.25) is 18.6 Å². The lowest BCUT2D eigenvalue weighted by Gasteiger charge is -2.29. The molecule has 0 bridgehead atoms. The van der Waals surface area contributed by atoms with Crippen molar-refractivity contribution in [2.75, 3.05) is 32.2 Å². The second-order valence-electron chi connectivity index (χ2n) is 9.03. The van der Waals surface area contributed by atoms with Crippen molar-refractivity contribution in [2.45, 2.75) is 36.9 Å². The molecule has 1 aromatic heterocycles. The fourth-order valence-electron chi connectivity index (χ4n) is 4.39. The molecule has 194 valence electrons. The number of nitrogens with zero attached hydrogens (tertiary/aromatic N) is 2. The molecule has 5 rings (SSSR count). The molecular formula is C28H30N2O6S.